The molecule has 0 N–H and O–H groups in total. The topological polar surface area (TPSA) is 23.8 Å². The van der Waals surface area contributed by atoms with Gasteiger partial charge in [-0.3, -0.25) is 0 Å². The molecule has 0 aromatic carbocycles. The maximum atomic E-state index is 8.47. The van der Waals surface area contributed by atoms with Gasteiger partial charge in [0.2, 0.25) is 0 Å². The molecule has 1 aliphatic rings. The van der Waals surface area contributed by atoms with E-state index in [1.807, 2.05) is 0 Å². The van der Waals surface area contributed by atoms with Crippen LogP contribution in [0.2, 0.25) is 0 Å². The van der Waals surface area contributed by atoms with Gasteiger partial charge in [0.25, 0.3) is 0 Å². The van der Waals surface area contributed by atoms with Crippen LogP contribution >= 0.6 is 10.9 Å². The second-order valence-electron chi connectivity index (χ2n) is 2.15. The second-order valence-corrected chi connectivity index (χ2v) is 4.32. The zero-order valence-corrected chi connectivity index (χ0v) is 5.82. The summed E-state index contributed by atoms with van der Waals surface area (Å²) in [5.74, 6) is 2.43. The molecule has 1 heterocycles. The summed E-state index contributed by atoms with van der Waals surface area (Å²) < 4.78 is 0. The SMILES string of the molecule is N#C[SH]1CCCCC1. The number of nitriles is 1. The molecule has 0 saturated carbocycles. The predicted molar refractivity (Wildman–Crippen MR) is 38.2 cm³/mol. The monoisotopic (exact) mass is 129 g/mol. The van der Waals surface area contributed by atoms with Gasteiger partial charge in [-0.15, -0.1) is 0 Å². The van der Waals surface area contributed by atoms with Gasteiger partial charge in [0.1, 0.15) is 5.40 Å². The summed E-state index contributed by atoms with van der Waals surface area (Å²) in [6, 6.07) is 0. The molecule has 1 fully saturated rings. The zero-order chi connectivity index (χ0) is 5.82. The fourth-order valence-electron chi connectivity index (χ4n) is 0.994. The Morgan fingerprint density at radius 3 is 2.12 bits per heavy atom. The lowest BCUT2D eigenvalue weighted by atomic mass is 10.3. The number of hydrogen-bond donors (Lipinski definition) is 1. The lowest BCUT2D eigenvalue weighted by molar-refractivity contribution is 0.762. The van der Waals surface area contributed by atoms with Crippen LogP contribution in [-0.4, -0.2) is 11.5 Å². The molecule has 1 saturated heterocycles. The van der Waals surface area contributed by atoms with Crippen molar-refractivity contribution in [1.82, 2.24) is 0 Å². The maximum absolute atomic E-state index is 8.47. The van der Waals surface area contributed by atoms with E-state index in [4.69, 9.17) is 5.26 Å². The smallest absolute Gasteiger partial charge is 0.110 e. The summed E-state index contributed by atoms with van der Waals surface area (Å²) in [6.07, 6.45) is 3.97. The molecule has 0 unspecified atom stereocenters. The molecule has 0 bridgehead atoms. The van der Waals surface area contributed by atoms with Crippen molar-refractivity contribution in [2.75, 3.05) is 11.5 Å². The molecule has 0 spiro atoms. The number of nitrogens with zero attached hydrogens (tertiary/aromatic N) is 1. The van der Waals surface area contributed by atoms with Gasteiger partial charge in [0, 0.05) is 0 Å². The third-order valence-electron chi connectivity index (χ3n) is 1.50. The first-order valence-corrected chi connectivity index (χ1v) is 4.79. The molecule has 0 aromatic heterocycles. The predicted octanol–water partition coefficient (Wildman–Crippen LogP) is 1.65. The molecule has 1 aliphatic heterocycles. The molecule has 0 amide bonds. The third-order valence-corrected chi connectivity index (χ3v) is 3.49. The van der Waals surface area contributed by atoms with Gasteiger partial charge >= 0.3 is 0 Å². The van der Waals surface area contributed by atoms with E-state index in [0.29, 0.717) is 0 Å². The Kier molecular flexibility index (Phi) is 2.23. The molecular formula is C6H11NS. The number of hydrogen-bond acceptors (Lipinski definition) is 1. The number of rotatable bonds is 0. The molecule has 0 aromatic rings. The van der Waals surface area contributed by atoms with Crippen LogP contribution in [0.25, 0.3) is 0 Å². The van der Waals surface area contributed by atoms with Crippen molar-refractivity contribution in [1.29, 1.82) is 5.26 Å². The van der Waals surface area contributed by atoms with E-state index in [9.17, 15) is 0 Å². The van der Waals surface area contributed by atoms with Crippen molar-refractivity contribution >= 4 is 10.9 Å². The quantitative estimate of drug-likeness (QED) is 0.390. The van der Waals surface area contributed by atoms with Gasteiger partial charge in [0.05, 0.1) is 0 Å². The molecule has 1 nitrogen and oxygen atoms in total. The second kappa shape index (κ2) is 2.99. The van der Waals surface area contributed by atoms with E-state index in [2.05, 4.69) is 5.40 Å². The van der Waals surface area contributed by atoms with E-state index in [0.717, 1.165) is 0 Å². The van der Waals surface area contributed by atoms with E-state index in [1.54, 1.807) is 0 Å². The maximum Gasteiger partial charge on any atom is 0.110 e. The average molecular weight is 129 g/mol. The van der Waals surface area contributed by atoms with Crippen LogP contribution in [-0.2, 0) is 0 Å². The molecule has 1 rings (SSSR count). The summed E-state index contributed by atoms with van der Waals surface area (Å²) in [7, 11) is -0.164. The van der Waals surface area contributed by atoms with Crippen molar-refractivity contribution in [3.05, 3.63) is 0 Å². The van der Waals surface area contributed by atoms with Gasteiger partial charge in [-0.25, -0.2) is 0 Å². The Bertz CT molecular complexity index is 99.6. The Morgan fingerprint density at radius 2 is 1.75 bits per heavy atom. The van der Waals surface area contributed by atoms with Gasteiger partial charge in [-0.05, 0) is 24.3 Å². The van der Waals surface area contributed by atoms with Crippen LogP contribution < -0.4 is 0 Å². The van der Waals surface area contributed by atoms with E-state index in [-0.39, 0.29) is 10.9 Å². The molecule has 8 heavy (non-hydrogen) atoms. The minimum Gasteiger partial charge on any atom is -0.187 e. The Hall–Kier alpha value is -0.160. The zero-order valence-electron chi connectivity index (χ0n) is 4.93. The normalized spacial score (nSPS) is 24.6. The first-order chi connectivity index (χ1) is 3.93. The Morgan fingerprint density at radius 1 is 1.12 bits per heavy atom. The van der Waals surface area contributed by atoms with Gasteiger partial charge in [0.15, 0.2) is 0 Å². The lowest BCUT2D eigenvalue weighted by Crippen LogP contribution is -1.99. The molecule has 0 atom stereocenters. The van der Waals surface area contributed by atoms with Crippen molar-refractivity contribution < 1.29 is 0 Å². The Balaban J connectivity index is 2.25. The van der Waals surface area contributed by atoms with E-state index >= 15 is 0 Å². The summed E-state index contributed by atoms with van der Waals surface area (Å²) in [5, 5.41) is 10.8. The fraction of sp³-hybridized carbons (Fsp3) is 0.833. The summed E-state index contributed by atoms with van der Waals surface area (Å²) in [4.78, 5) is 0. The van der Waals surface area contributed by atoms with Crippen molar-refractivity contribution in [2.24, 2.45) is 0 Å². The summed E-state index contributed by atoms with van der Waals surface area (Å²) in [6.45, 7) is 0. The van der Waals surface area contributed by atoms with Crippen LogP contribution in [0.3, 0.4) is 0 Å². The molecule has 0 radical (unpaired) electrons. The minimum atomic E-state index is -0.164. The summed E-state index contributed by atoms with van der Waals surface area (Å²) in [5.41, 5.74) is 0. The highest BCUT2D eigenvalue weighted by Gasteiger charge is 2.06. The molecule has 2 heteroatoms. The van der Waals surface area contributed by atoms with Crippen LogP contribution in [0.5, 0.6) is 0 Å². The lowest BCUT2D eigenvalue weighted by Gasteiger charge is -2.17. The highest BCUT2D eigenvalue weighted by molar-refractivity contribution is 8.21. The van der Waals surface area contributed by atoms with Crippen LogP contribution in [0.4, 0.5) is 0 Å². The van der Waals surface area contributed by atoms with Gasteiger partial charge in [-0.1, -0.05) is 6.42 Å². The molecule has 46 valence electrons. The average Bonchev–Trinajstić information content (AvgIpc) is 1.90. The van der Waals surface area contributed by atoms with Crippen LogP contribution in [0.15, 0.2) is 0 Å². The first-order valence-electron chi connectivity index (χ1n) is 3.08. The largest absolute Gasteiger partial charge is 0.187 e. The van der Waals surface area contributed by atoms with Crippen LogP contribution in [0, 0.1) is 10.7 Å². The highest BCUT2D eigenvalue weighted by atomic mass is 32.2. The molecular weight excluding hydrogens is 118 g/mol. The van der Waals surface area contributed by atoms with Crippen molar-refractivity contribution in [2.45, 2.75) is 19.3 Å². The van der Waals surface area contributed by atoms with Gasteiger partial charge in [-0.2, -0.15) is 16.2 Å². The Labute approximate surface area is 53.0 Å². The standard InChI is InChI=1S/C6H11NS/c7-6-8-4-2-1-3-5-8/h8H,1-5H2. The van der Waals surface area contributed by atoms with Gasteiger partial charge < -0.3 is 0 Å². The summed E-state index contributed by atoms with van der Waals surface area (Å²) >= 11 is 0. The van der Waals surface area contributed by atoms with E-state index in [1.165, 1.54) is 30.8 Å². The molecule has 0 aliphatic carbocycles. The minimum absolute atomic E-state index is 0.164. The number of thiol groups is 1. The van der Waals surface area contributed by atoms with Crippen molar-refractivity contribution in [3.63, 3.8) is 0 Å². The fourth-order valence-corrected chi connectivity index (χ4v) is 2.63. The first kappa shape index (κ1) is 5.97. The van der Waals surface area contributed by atoms with Crippen molar-refractivity contribution in [3.8, 4) is 5.40 Å². The third kappa shape index (κ3) is 1.41. The highest BCUT2D eigenvalue weighted by Crippen LogP contribution is 2.30. The van der Waals surface area contributed by atoms with E-state index < -0.39 is 0 Å². The number of thiocyanates is 1. The van der Waals surface area contributed by atoms with Crippen LogP contribution in [0.1, 0.15) is 19.3 Å².